The lowest BCUT2D eigenvalue weighted by atomic mass is 9.71. The Balaban J connectivity index is 2.18. The molecule has 2 aliphatic rings. The van der Waals surface area contributed by atoms with Gasteiger partial charge in [-0.05, 0) is 44.7 Å². The van der Waals surface area contributed by atoms with Crippen LogP contribution in [0.1, 0.15) is 65.2 Å². The average Bonchev–Trinajstić information content (AvgIpc) is 2.39. The molecular weight excluding hydrogens is 206 g/mol. The van der Waals surface area contributed by atoms with Gasteiger partial charge in [-0.25, -0.2) is 0 Å². The van der Waals surface area contributed by atoms with E-state index in [1.54, 1.807) is 0 Å². The number of rotatable bonds is 3. The Morgan fingerprint density at radius 3 is 2.00 bits per heavy atom. The lowest BCUT2D eigenvalue weighted by molar-refractivity contribution is 0.0562. The minimum atomic E-state index is 0.368. The molecule has 1 heteroatoms. The first-order valence-electron chi connectivity index (χ1n) is 7.61. The second kappa shape index (κ2) is 5.56. The molecule has 17 heavy (non-hydrogen) atoms. The van der Waals surface area contributed by atoms with Crippen LogP contribution in [0, 0.1) is 5.92 Å². The summed E-state index contributed by atoms with van der Waals surface area (Å²) in [6.07, 6.45) is 11.2. The molecule has 0 atom stereocenters. The minimum absolute atomic E-state index is 0.368. The number of hydrogen-bond acceptors (Lipinski definition) is 1. The van der Waals surface area contributed by atoms with Crippen molar-refractivity contribution < 1.29 is 0 Å². The topological polar surface area (TPSA) is 3.24 Å². The van der Waals surface area contributed by atoms with E-state index in [1.807, 2.05) is 0 Å². The van der Waals surface area contributed by atoms with Gasteiger partial charge in [0.25, 0.3) is 0 Å². The highest BCUT2D eigenvalue weighted by Crippen LogP contribution is 2.42. The molecule has 0 bridgehead atoms. The summed E-state index contributed by atoms with van der Waals surface area (Å²) in [5.74, 6) is 0.634. The first-order valence-corrected chi connectivity index (χ1v) is 7.61. The highest BCUT2D eigenvalue weighted by Gasteiger charge is 2.41. The normalized spacial score (nSPS) is 26.1. The molecule has 1 aliphatic heterocycles. The minimum Gasteiger partial charge on any atom is -0.294 e. The molecule has 0 amide bonds. The maximum absolute atomic E-state index is 4.48. The third-order valence-electron chi connectivity index (χ3n) is 4.94. The quantitative estimate of drug-likeness (QED) is 0.656. The van der Waals surface area contributed by atoms with E-state index in [2.05, 4.69) is 25.3 Å². The van der Waals surface area contributed by atoms with Crippen LogP contribution >= 0.6 is 0 Å². The maximum atomic E-state index is 4.48. The molecular formula is C16H29N. The van der Waals surface area contributed by atoms with Crippen LogP contribution < -0.4 is 0 Å². The summed E-state index contributed by atoms with van der Waals surface area (Å²) in [5.41, 5.74) is 1.88. The van der Waals surface area contributed by atoms with Crippen molar-refractivity contribution in [2.45, 2.75) is 70.8 Å². The highest BCUT2D eigenvalue weighted by atomic mass is 15.2. The van der Waals surface area contributed by atoms with Gasteiger partial charge < -0.3 is 0 Å². The van der Waals surface area contributed by atoms with Crippen LogP contribution in [-0.4, -0.2) is 23.5 Å². The molecule has 2 fully saturated rings. The Morgan fingerprint density at radius 2 is 1.47 bits per heavy atom. The molecule has 1 saturated carbocycles. The fourth-order valence-corrected chi connectivity index (χ4v) is 3.84. The van der Waals surface area contributed by atoms with Crippen molar-refractivity contribution in [3.05, 3.63) is 12.2 Å². The van der Waals surface area contributed by atoms with Gasteiger partial charge in [0.15, 0.2) is 0 Å². The smallest absolute Gasteiger partial charge is 0.0420 e. The van der Waals surface area contributed by atoms with Crippen LogP contribution in [-0.2, 0) is 0 Å². The van der Waals surface area contributed by atoms with Crippen molar-refractivity contribution >= 4 is 0 Å². The van der Waals surface area contributed by atoms with E-state index in [0.29, 0.717) is 11.5 Å². The van der Waals surface area contributed by atoms with Gasteiger partial charge >= 0.3 is 0 Å². The van der Waals surface area contributed by atoms with Crippen LogP contribution in [0.15, 0.2) is 12.2 Å². The molecule has 0 radical (unpaired) electrons. The molecule has 2 rings (SSSR count). The Kier molecular flexibility index (Phi) is 4.30. The lowest BCUT2D eigenvalue weighted by Crippen LogP contribution is -2.54. The summed E-state index contributed by atoms with van der Waals surface area (Å²) >= 11 is 0. The van der Waals surface area contributed by atoms with Gasteiger partial charge in [-0.15, -0.1) is 0 Å². The number of nitrogens with zero attached hydrogens (tertiary/aromatic N) is 1. The van der Waals surface area contributed by atoms with Crippen LogP contribution in [0.3, 0.4) is 0 Å². The number of piperidine rings is 1. The van der Waals surface area contributed by atoms with E-state index in [1.165, 1.54) is 70.0 Å². The third-order valence-corrected chi connectivity index (χ3v) is 4.94. The Hall–Kier alpha value is -0.300. The predicted octanol–water partition coefficient (Wildman–Crippen LogP) is 4.39. The second-order valence-electron chi connectivity index (χ2n) is 6.32. The Bertz CT molecular complexity index is 255. The van der Waals surface area contributed by atoms with Crippen molar-refractivity contribution in [1.29, 1.82) is 0 Å². The fourth-order valence-electron chi connectivity index (χ4n) is 3.84. The van der Waals surface area contributed by atoms with Gasteiger partial charge in [0.05, 0.1) is 0 Å². The first kappa shape index (κ1) is 13.1. The van der Waals surface area contributed by atoms with E-state index in [0.717, 1.165) is 0 Å². The molecule has 0 unspecified atom stereocenters. The standard InChI is InChI=1S/C16H29N/c1-14(2)15(3)16(10-6-4-7-11-16)17-12-8-5-9-13-17/h14H,3-13H2,1-2H3. The molecule has 0 spiro atoms. The molecule has 1 heterocycles. The summed E-state index contributed by atoms with van der Waals surface area (Å²) in [5, 5.41) is 0. The van der Waals surface area contributed by atoms with Crippen molar-refractivity contribution in [3.8, 4) is 0 Å². The summed E-state index contributed by atoms with van der Waals surface area (Å²) in [4.78, 5) is 2.79. The van der Waals surface area contributed by atoms with E-state index in [4.69, 9.17) is 0 Å². The van der Waals surface area contributed by atoms with Crippen molar-refractivity contribution in [2.24, 2.45) is 5.92 Å². The molecule has 0 aromatic carbocycles. The van der Waals surface area contributed by atoms with Gasteiger partial charge in [0.1, 0.15) is 0 Å². The summed E-state index contributed by atoms with van der Waals surface area (Å²) in [6.45, 7) is 11.8. The van der Waals surface area contributed by atoms with E-state index >= 15 is 0 Å². The van der Waals surface area contributed by atoms with Gasteiger partial charge in [-0.2, -0.15) is 0 Å². The molecule has 1 aliphatic carbocycles. The third kappa shape index (κ3) is 2.59. The van der Waals surface area contributed by atoms with Crippen LogP contribution in [0.4, 0.5) is 0 Å². The Labute approximate surface area is 107 Å². The molecule has 1 nitrogen and oxygen atoms in total. The SMILES string of the molecule is C=C(C(C)C)C1(N2CCCCC2)CCCCC1. The zero-order valence-corrected chi connectivity index (χ0v) is 11.8. The summed E-state index contributed by atoms with van der Waals surface area (Å²) < 4.78 is 0. The van der Waals surface area contributed by atoms with Crippen LogP contribution in [0.5, 0.6) is 0 Å². The second-order valence-corrected chi connectivity index (χ2v) is 6.32. The average molecular weight is 235 g/mol. The van der Waals surface area contributed by atoms with Gasteiger partial charge in [-0.3, -0.25) is 4.90 Å². The Morgan fingerprint density at radius 1 is 0.941 bits per heavy atom. The van der Waals surface area contributed by atoms with Gasteiger partial charge in [-0.1, -0.05) is 51.7 Å². The van der Waals surface area contributed by atoms with E-state index in [-0.39, 0.29) is 0 Å². The summed E-state index contributed by atoms with van der Waals surface area (Å²) in [7, 11) is 0. The van der Waals surface area contributed by atoms with Crippen LogP contribution in [0.25, 0.3) is 0 Å². The number of likely N-dealkylation sites (tertiary alicyclic amines) is 1. The predicted molar refractivity (Wildman–Crippen MR) is 75.2 cm³/mol. The molecule has 0 aromatic heterocycles. The lowest BCUT2D eigenvalue weighted by Gasteiger charge is -2.50. The van der Waals surface area contributed by atoms with Crippen molar-refractivity contribution in [2.75, 3.05) is 13.1 Å². The maximum Gasteiger partial charge on any atom is 0.0420 e. The summed E-state index contributed by atoms with van der Waals surface area (Å²) in [6, 6.07) is 0. The van der Waals surface area contributed by atoms with Crippen molar-refractivity contribution in [3.63, 3.8) is 0 Å². The van der Waals surface area contributed by atoms with Crippen LogP contribution in [0.2, 0.25) is 0 Å². The van der Waals surface area contributed by atoms with Crippen molar-refractivity contribution in [1.82, 2.24) is 4.90 Å². The number of hydrogen-bond donors (Lipinski definition) is 0. The monoisotopic (exact) mass is 235 g/mol. The molecule has 1 saturated heterocycles. The van der Waals surface area contributed by atoms with Gasteiger partial charge in [0.2, 0.25) is 0 Å². The molecule has 98 valence electrons. The zero-order valence-electron chi connectivity index (χ0n) is 11.8. The molecule has 0 aromatic rings. The van der Waals surface area contributed by atoms with E-state index < -0.39 is 0 Å². The fraction of sp³-hybridized carbons (Fsp3) is 0.875. The van der Waals surface area contributed by atoms with Gasteiger partial charge in [0, 0.05) is 5.54 Å². The van der Waals surface area contributed by atoms with E-state index in [9.17, 15) is 0 Å². The first-order chi connectivity index (χ1) is 8.17. The largest absolute Gasteiger partial charge is 0.294 e. The zero-order chi connectivity index (χ0) is 12.3. The molecule has 0 N–H and O–H groups in total. The highest BCUT2D eigenvalue weighted by molar-refractivity contribution is 5.20.